The highest BCUT2D eigenvalue weighted by Crippen LogP contribution is 2.12. The average Bonchev–Trinajstić information content (AvgIpc) is 2.56. The molecule has 1 fully saturated rings. The molecule has 114 valence electrons. The van der Waals surface area contributed by atoms with Crippen molar-refractivity contribution in [2.45, 2.75) is 6.92 Å². The predicted molar refractivity (Wildman–Crippen MR) is 83.2 cm³/mol. The largest absolute Gasteiger partial charge is 0.360 e. The van der Waals surface area contributed by atoms with Crippen LogP contribution in [0.1, 0.15) is 17.3 Å². The number of amides is 1. The Bertz CT molecular complexity index is 640. The molecule has 1 amide bonds. The number of Topliss-reactive ketones (excluding diaryl/α,β-unsaturated/α-hetero) is 1. The normalized spacial score (nSPS) is 15.1. The molecule has 0 radical (unpaired) electrons. The first-order chi connectivity index (χ1) is 10.6. The maximum absolute atomic E-state index is 12.2. The van der Waals surface area contributed by atoms with Gasteiger partial charge in [-0.3, -0.25) is 9.59 Å². The van der Waals surface area contributed by atoms with Crippen molar-refractivity contribution in [2.24, 2.45) is 0 Å². The number of nitrogens with one attached hydrogen (secondary N) is 2. The van der Waals surface area contributed by atoms with Gasteiger partial charge in [0.15, 0.2) is 5.78 Å². The van der Waals surface area contributed by atoms with E-state index in [1.54, 1.807) is 29.2 Å². The molecule has 0 atom stereocenters. The molecule has 2 rings (SSSR count). The van der Waals surface area contributed by atoms with Gasteiger partial charge in [0.1, 0.15) is 11.6 Å². The van der Waals surface area contributed by atoms with Gasteiger partial charge in [-0.25, -0.2) is 0 Å². The Kier molecular flexibility index (Phi) is 5.28. The van der Waals surface area contributed by atoms with Crippen LogP contribution >= 0.6 is 0 Å². The summed E-state index contributed by atoms with van der Waals surface area (Å²) in [5.41, 5.74) is 1.29. The molecular weight excluding hydrogens is 280 g/mol. The van der Waals surface area contributed by atoms with E-state index < -0.39 is 0 Å². The number of nitrogens with zero attached hydrogens (tertiary/aromatic N) is 2. The van der Waals surface area contributed by atoms with Crippen molar-refractivity contribution in [2.75, 3.05) is 31.5 Å². The molecule has 1 aliphatic rings. The highest BCUT2D eigenvalue weighted by molar-refractivity contribution is 5.98. The van der Waals surface area contributed by atoms with E-state index in [-0.39, 0.29) is 17.3 Å². The van der Waals surface area contributed by atoms with Gasteiger partial charge in [0.25, 0.3) is 5.91 Å². The monoisotopic (exact) mass is 298 g/mol. The Morgan fingerprint density at radius 3 is 2.73 bits per heavy atom. The van der Waals surface area contributed by atoms with Gasteiger partial charge >= 0.3 is 0 Å². The van der Waals surface area contributed by atoms with Gasteiger partial charge in [0, 0.05) is 43.6 Å². The maximum atomic E-state index is 12.2. The number of carbonyl (C=O) groups excluding carboxylic acids is 2. The number of carbonyl (C=O) groups is 2. The van der Waals surface area contributed by atoms with Crippen LogP contribution in [0.15, 0.2) is 36.0 Å². The summed E-state index contributed by atoms with van der Waals surface area (Å²) in [6.07, 6.45) is 1.39. The van der Waals surface area contributed by atoms with E-state index in [4.69, 9.17) is 0 Å². The van der Waals surface area contributed by atoms with Gasteiger partial charge in [-0.15, -0.1) is 0 Å². The Labute approximate surface area is 129 Å². The number of benzene rings is 1. The zero-order valence-electron chi connectivity index (χ0n) is 12.4. The molecule has 0 saturated carbocycles. The molecule has 0 bridgehead atoms. The third-order valence-electron chi connectivity index (χ3n) is 3.41. The second kappa shape index (κ2) is 7.38. The first kappa shape index (κ1) is 15.7. The lowest BCUT2D eigenvalue weighted by Crippen LogP contribution is -2.46. The minimum absolute atomic E-state index is 0.0370. The third-order valence-corrected chi connectivity index (χ3v) is 3.41. The molecule has 6 nitrogen and oxygen atoms in total. The van der Waals surface area contributed by atoms with Crippen molar-refractivity contribution < 1.29 is 9.59 Å². The van der Waals surface area contributed by atoms with Crippen LogP contribution in [-0.2, 0) is 4.79 Å². The zero-order valence-corrected chi connectivity index (χ0v) is 12.4. The Balaban J connectivity index is 2.09. The minimum Gasteiger partial charge on any atom is -0.360 e. The van der Waals surface area contributed by atoms with Crippen LogP contribution in [0.5, 0.6) is 0 Å². The van der Waals surface area contributed by atoms with E-state index in [9.17, 15) is 14.9 Å². The molecule has 22 heavy (non-hydrogen) atoms. The molecule has 0 aromatic heterocycles. The predicted octanol–water partition coefficient (Wildman–Crippen LogP) is 1.14. The Morgan fingerprint density at radius 2 is 2.09 bits per heavy atom. The molecule has 1 aliphatic heterocycles. The summed E-state index contributed by atoms with van der Waals surface area (Å²) in [5, 5.41) is 15.2. The number of rotatable bonds is 4. The number of hydrogen-bond acceptors (Lipinski definition) is 5. The topological polar surface area (TPSA) is 85.2 Å². The molecule has 2 N–H and O–H groups in total. The molecule has 6 heteroatoms. The molecule has 0 aliphatic carbocycles. The van der Waals surface area contributed by atoms with Crippen LogP contribution < -0.4 is 10.6 Å². The summed E-state index contributed by atoms with van der Waals surface area (Å²) in [7, 11) is 0. The van der Waals surface area contributed by atoms with Crippen molar-refractivity contribution in [3.05, 3.63) is 41.6 Å². The first-order valence-corrected chi connectivity index (χ1v) is 7.09. The van der Waals surface area contributed by atoms with E-state index in [2.05, 4.69) is 10.6 Å². The van der Waals surface area contributed by atoms with Crippen molar-refractivity contribution in [3.63, 3.8) is 0 Å². The summed E-state index contributed by atoms with van der Waals surface area (Å²) in [4.78, 5) is 25.2. The van der Waals surface area contributed by atoms with Crippen molar-refractivity contribution in [1.29, 1.82) is 5.26 Å². The summed E-state index contributed by atoms with van der Waals surface area (Å²) in [6.45, 7) is 4.15. The van der Waals surface area contributed by atoms with Crippen molar-refractivity contribution in [3.8, 4) is 6.07 Å². The van der Waals surface area contributed by atoms with Crippen LogP contribution in [0, 0.1) is 11.3 Å². The van der Waals surface area contributed by atoms with Gasteiger partial charge in [0.2, 0.25) is 0 Å². The second-order valence-electron chi connectivity index (χ2n) is 4.99. The molecule has 0 unspecified atom stereocenters. The maximum Gasteiger partial charge on any atom is 0.266 e. The number of anilines is 1. The van der Waals surface area contributed by atoms with Gasteiger partial charge in [-0.05, 0) is 19.1 Å². The fourth-order valence-corrected chi connectivity index (χ4v) is 2.16. The van der Waals surface area contributed by atoms with Crippen molar-refractivity contribution >= 4 is 17.4 Å². The summed E-state index contributed by atoms with van der Waals surface area (Å²) in [5.74, 6) is -0.316. The molecule has 1 aromatic carbocycles. The standard InChI is InChI=1S/C16H18N4O2/c1-12(21)13-3-2-4-15(9-13)19-11-14(10-17)16(22)20-7-5-18-6-8-20/h2-4,9,11,18-19H,5-8H2,1H3/b14-11-. The van der Waals surface area contributed by atoms with Gasteiger partial charge in [0.05, 0.1) is 0 Å². The van der Waals surface area contributed by atoms with E-state index >= 15 is 0 Å². The number of hydrogen-bond donors (Lipinski definition) is 2. The lowest BCUT2D eigenvalue weighted by Gasteiger charge is -2.27. The minimum atomic E-state index is -0.278. The van der Waals surface area contributed by atoms with E-state index in [1.165, 1.54) is 13.1 Å². The fourth-order valence-electron chi connectivity index (χ4n) is 2.16. The molecule has 1 saturated heterocycles. The van der Waals surface area contributed by atoms with Crippen LogP contribution in [0.25, 0.3) is 0 Å². The number of nitriles is 1. The highest BCUT2D eigenvalue weighted by Gasteiger charge is 2.19. The van der Waals surface area contributed by atoms with Gasteiger partial charge < -0.3 is 15.5 Å². The van der Waals surface area contributed by atoms with Crippen LogP contribution in [0.3, 0.4) is 0 Å². The smallest absolute Gasteiger partial charge is 0.266 e. The summed E-state index contributed by atoms with van der Waals surface area (Å²) >= 11 is 0. The summed E-state index contributed by atoms with van der Waals surface area (Å²) < 4.78 is 0. The van der Waals surface area contributed by atoms with Crippen LogP contribution in [-0.4, -0.2) is 42.8 Å². The highest BCUT2D eigenvalue weighted by atomic mass is 16.2. The lowest BCUT2D eigenvalue weighted by molar-refractivity contribution is -0.127. The van der Waals surface area contributed by atoms with Gasteiger partial charge in [-0.1, -0.05) is 12.1 Å². The first-order valence-electron chi connectivity index (χ1n) is 7.09. The van der Waals surface area contributed by atoms with E-state index in [1.807, 2.05) is 6.07 Å². The lowest BCUT2D eigenvalue weighted by atomic mass is 10.1. The van der Waals surface area contributed by atoms with Gasteiger partial charge in [-0.2, -0.15) is 5.26 Å². The molecule has 1 aromatic rings. The SMILES string of the molecule is CC(=O)c1cccc(N/C=C(/C#N)C(=O)N2CCNCC2)c1. The number of ketones is 1. The summed E-state index contributed by atoms with van der Waals surface area (Å²) in [6, 6.07) is 8.85. The molecular formula is C16H18N4O2. The zero-order chi connectivity index (χ0) is 15.9. The van der Waals surface area contributed by atoms with E-state index in [0.29, 0.717) is 24.3 Å². The third kappa shape index (κ3) is 3.93. The average molecular weight is 298 g/mol. The quantitative estimate of drug-likeness (QED) is 0.494. The molecule has 0 spiro atoms. The number of piperazine rings is 1. The fraction of sp³-hybridized carbons (Fsp3) is 0.312. The Hall–Kier alpha value is -2.65. The van der Waals surface area contributed by atoms with E-state index in [0.717, 1.165) is 13.1 Å². The van der Waals surface area contributed by atoms with Crippen molar-refractivity contribution in [1.82, 2.24) is 10.2 Å². The van der Waals surface area contributed by atoms with Crippen LogP contribution in [0.4, 0.5) is 5.69 Å². The molecule has 1 heterocycles. The van der Waals surface area contributed by atoms with Crippen LogP contribution in [0.2, 0.25) is 0 Å². The Morgan fingerprint density at radius 1 is 1.36 bits per heavy atom. The second-order valence-corrected chi connectivity index (χ2v) is 4.99.